The molecule has 0 spiro atoms. The van der Waals surface area contributed by atoms with Crippen molar-refractivity contribution in [2.45, 2.75) is 24.0 Å². The minimum Gasteiger partial charge on any atom is -0.210 e. The molecule has 1 N–H and O–H groups in total. The third kappa shape index (κ3) is 4.41. The molecule has 92 valence electrons. The second kappa shape index (κ2) is 6.59. The van der Waals surface area contributed by atoms with E-state index in [0.29, 0.717) is 22.6 Å². The fraction of sp³-hybridized carbons (Fsp3) is 0.600. The maximum absolute atomic E-state index is 11.7. The standard InChI is InChI=1S/C10H16ClNO2S2/c1-9(8-11)4-2-6-12-16(13,14)10-5-3-7-15-10/h3,5,7,9,12H,2,4,6,8H2,1H3. The van der Waals surface area contributed by atoms with Gasteiger partial charge in [-0.05, 0) is 30.2 Å². The van der Waals surface area contributed by atoms with Crippen LogP contribution >= 0.6 is 22.9 Å². The monoisotopic (exact) mass is 281 g/mol. The predicted octanol–water partition coefficient (Wildman–Crippen LogP) is 2.68. The molecule has 6 heteroatoms. The van der Waals surface area contributed by atoms with Crippen molar-refractivity contribution in [3.8, 4) is 0 Å². The lowest BCUT2D eigenvalue weighted by molar-refractivity contribution is 0.544. The van der Waals surface area contributed by atoms with Crippen LogP contribution in [0.15, 0.2) is 21.7 Å². The summed E-state index contributed by atoms with van der Waals surface area (Å²) in [6.07, 6.45) is 1.76. The number of hydrogen-bond acceptors (Lipinski definition) is 3. The summed E-state index contributed by atoms with van der Waals surface area (Å²) in [5.41, 5.74) is 0. The molecular weight excluding hydrogens is 266 g/mol. The van der Waals surface area contributed by atoms with Gasteiger partial charge in [-0.15, -0.1) is 22.9 Å². The van der Waals surface area contributed by atoms with E-state index in [-0.39, 0.29) is 0 Å². The van der Waals surface area contributed by atoms with Gasteiger partial charge >= 0.3 is 0 Å². The fourth-order valence-electron chi connectivity index (χ4n) is 1.22. The normalized spacial score (nSPS) is 13.9. The lowest BCUT2D eigenvalue weighted by Gasteiger charge is -2.07. The van der Waals surface area contributed by atoms with Gasteiger partial charge in [0.15, 0.2) is 0 Å². The molecule has 0 aromatic carbocycles. The van der Waals surface area contributed by atoms with E-state index >= 15 is 0 Å². The summed E-state index contributed by atoms with van der Waals surface area (Å²) in [6.45, 7) is 2.53. The quantitative estimate of drug-likeness (QED) is 0.617. The molecule has 0 bridgehead atoms. The minimum absolute atomic E-state index is 0.373. The Morgan fingerprint density at radius 3 is 2.88 bits per heavy atom. The Kier molecular flexibility index (Phi) is 5.75. The highest BCUT2D eigenvalue weighted by Crippen LogP contribution is 2.15. The minimum atomic E-state index is -3.29. The summed E-state index contributed by atoms with van der Waals surface area (Å²) >= 11 is 6.89. The van der Waals surface area contributed by atoms with Crippen LogP contribution < -0.4 is 4.72 Å². The van der Waals surface area contributed by atoms with E-state index in [2.05, 4.69) is 11.6 Å². The average molecular weight is 282 g/mol. The Morgan fingerprint density at radius 2 is 2.31 bits per heavy atom. The van der Waals surface area contributed by atoms with Gasteiger partial charge in [0.05, 0.1) is 0 Å². The first-order chi connectivity index (χ1) is 7.56. The van der Waals surface area contributed by atoms with Crippen LogP contribution in [-0.2, 0) is 10.0 Å². The Labute approximate surface area is 106 Å². The number of alkyl halides is 1. The molecule has 1 aromatic heterocycles. The van der Waals surface area contributed by atoms with Crippen LogP contribution in [-0.4, -0.2) is 20.8 Å². The lowest BCUT2D eigenvalue weighted by Crippen LogP contribution is -2.24. The van der Waals surface area contributed by atoms with E-state index in [1.165, 1.54) is 11.3 Å². The van der Waals surface area contributed by atoms with Crippen LogP contribution in [0.2, 0.25) is 0 Å². The molecule has 1 heterocycles. The molecule has 0 aliphatic heterocycles. The van der Waals surface area contributed by atoms with E-state index in [4.69, 9.17) is 11.6 Å². The van der Waals surface area contributed by atoms with Gasteiger partial charge in [0.1, 0.15) is 4.21 Å². The van der Waals surface area contributed by atoms with E-state index in [9.17, 15) is 8.42 Å². The molecule has 3 nitrogen and oxygen atoms in total. The van der Waals surface area contributed by atoms with Crippen molar-refractivity contribution in [1.82, 2.24) is 4.72 Å². The number of halogens is 1. The van der Waals surface area contributed by atoms with Crippen molar-refractivity contribution >= 4 is 33.0 Å². The third-order valence-corrected chi connectivity index (χ3v) is 5.57. The van der Waals surface area contributed by atoms with Gasteiger partial charge in [-0.2, -0.15) is 0 Å². The summed E-state index contributed by atoms with van der Waals surface area (Å²) in [5.74, 6) is 1.06. The molecule has 0 saturated heterocycles. The maximum Gasteiger partial charge on any atom is 0.250 e. The molecule has 0 saturated carbocycles. The van der Waals surface area contributed by atoms with Crippen LogP contribution in [0, 0.1) is 5.92 Å². The molecule has 0 aliphatic rings. The van der Waals surface area contributed by atoms with Crippen molar-refractivity contribution in [2.24, 2.45) is 5.92 Å². The summed E-state index contributed by atoms with van der Waals surface area (Å²) in [6, 6.07) is 3.34. The van der Waals surface area contributed by atoms with Crippen LogP contribution in [0.4, 0.5) is 0 Å². The molecule has 0 fully saturated rings. The van der Waals surface area contributed by atoms with Gasteiger partial charge in [-0.25, -0.2) is 13.1 Å². The molecule has 1 unspecified atom stereocenters. The Bertz CT molecular complexity index is 389. The molecule has 16 heavy (non-hydrogen) atoms. The van der Waals surface area contributed by atoms with Gasteiger partial charge in [0.2, 0.25) is 10.0 Å². The second-order valence-electron chi connectivity index (χ2n) is 3.73. The van der Waals surface area contributed by atoms with E-state index in [1.807, 2.05) is 0 Å². The highest BCUT2D eigenvalue weighted by Gasteiger charge is 2.13. The van der Waals surface area contributed by atoms with Crippen LogP contribution in [0.5, 0.6) is 0 Å². The number of rotatable bonds is 7. The third-order valence-electron chi connectivity index (χ3n) is 2.19. The predicted molar refractivity (Wildman–Crippen MR) is 68.6 cm³/mol. The first-order valence-electron chi connectivity index (χ1n) is 5.15. The number of thiophene rings is 1. The van der Waals surface area contributed by atoms with E-state index < -0.39 is 10.0 Å². The van der Waals surface area contributed by atoms with Crippen LogP contribution in [0.25, 0.3) is 0 Å². The molecule has 0 aliphatic carbocycles. The summed E-state index contributed by atoms with van der Waals surface area (Å²) in [5, 5.41) is 1.75. The zero-order valence-electron chi connectivity index (χ0n) is 9.15. The highest BCUT2D eigenvalue weighted by molar-refractivity contribution is 7.91. The largest absolute Gasteiger partial charge is 0.250 e. The van der Waals surface area contributed by atoms with Gasteiger partial charge < -0.3 is 0 Å². The highest BCUT2D eigenvalue weighted by atomic mass is 35.5. The summed E-state index contributed by atoms with van der Waals surface area (Å²) in [7, 11) is -3.29. The first-order valence-corrected chi connectivity index (χ1v) is 8.05. The topological polar surface area (TPSA) is 46.2 Å². The van der Waals surface area contributed by atoms with Gasteiger partial charge in [0, 0.05) is 12.4 Å². The zero-order valence-corrected chi connectivity index (χ0v) is 11.5. The smallest absolute Gasteiger partial charge is 0.210 e. The van der Waals surface area contributed by atoms with Crippen molar-refractivity contribution in [3.63, 3.8) is 0 Å². The van der Waals surface area contributed by atoms with E-state index in [0.717, 1.165) is 12.8 Å². The van der Waals surface area contributed by atoms with Crippen molar-refractivity contribution in [1.29, 1.82) is 0 Å². The number of nitrogens with one attached hydrogen (secondary N) is 1. The molecule has 0 amide bonds. The average Bonchev–Trinajstić information content (AvgIpc) is 2.78. The van der Waals surface area contributed by atoms with Gasteiger partial charge in [-0.1, -0.05) is 13.0 Å². The molecule has 1 atom stereocenters. The van der Waals surface area contributed by atoms with Gasteiger partial charge in [-0.3, -0.25) is 0 Å². The molecule has 1 rings (SSSR count). The van der Waals surface area contributed by atoms with Crippen molar-refractivity contribution < 1.29 is 8.42 Å². The Hall–Kier alpha value is -0.100. The summed E-state index contributed by atoms with van der Waals surface area (Å²) < 4.78 is 26.3. The molecule has 0 radical (unpaired) electrons. The number of hydrogen-bond donors (Lipinski definition) is 1. The molecule has 1 aromatic rings. The maximum atomic E-state index is 11.7. The Morgan fingerprint density at radius 1 is 1.56 bits per heavy atom. The SMILES string of the molecule is CC(CCl)CCCNS(=O)(=O)c1cccs1. The Balaban J connectivity index is 2.33. The molecular formula is C10H16ClNO2S2. The van der Waals surface area contributed by atoms with Crippen molar-refractivity contribution in [2.75, 3.05) is 12.4 Å². The van der Waals surface area contributed by atoms with Crippen molar-refractivity contribution in [3.05, 3.63) is 17.5 Å². The fourth-order valence-corrected chi connectivity index (χ4v) is 3.49. The first kappa shape index (κ1) is 14.0. The van der Waals surface area contributed by atoms with Crippen LogP contribution in [0.1, 0.15) is 19.8 Å². The van der Waals surface area contributed by atoms with Crippen LogP contribution in [0.3, 0.4) is 0 Å². The second-order valence-corrected chi connectivity index (χ2v) is 6.98. The zero-order chi connectivity index (χ0) is 12.0. The number of sulfonamides is 1. The van der Waals surface area contributed by atoms with Gasteiger partial charge in [0.25, 0.3) is 0 Å². The summed E-state index contributed by atoms with van der Waals surface area (Å²) in [4.78, 5) is 0. The lowest BCUT2D eigenvalue weighted by atomic mass is 10.1. The van der Waals surface area contributed by atoms with E-state index in [1.54, 1.807) is 17.5 Å².